The molecular formula is C26H38N10O5. The number of hydrogen-bond donors (Lipinski definition) is 6. The summed E-state index contributed by atoms with van der Waals surface area (Å²) >= 11 is 0. The van der Waals surface area contributed by atoms with Crippen LogP contribution in [0, 0.1) is 22.7 Å². The fraction of sp³-hybridized carbons (Fsp3) is 0.654. The smallest absolute Gasteiger partial charge is 0.265 e. The Morgan fingerprint density at radius 1 is 1.15 bits per heavy atom. The van der Waals surface area contributed by atoms with Crippen LogP contribution in [0.1, 0.15) is 55.6 Å². The van der Waals surface area contributed by atoms with Gasteiger partial charge in [0.1, 0.15) is 11.8 Å². The standard InChI is InChI=1S/C26H38N10O5/c27-23(28)32-5-1-16-12-26(16,20(39)21-31-6-10-41-21)34-19(38)14-36-9-4-25(22(36)40)13-17(25)33-18(37)11-15-2-7-35(8-3-15)24(29)30/h6,10,15-17H,1-5,7-9,11-14H2,(H3,29,30)(H,33,37)(H,34,38)(H4,27,28,32)/t16?,17-,25-,26?/m1/s1. The molecule has 4 fully saturated rings. The van der Waals surface area contributed by atoms with Crippen molar-refractivity contribution in [3.8, 4) is 0 Å². The molecule has 0 bridgehead atoms. The number of Topliss-reactive ketones (excluding diaryl/α,β-unsaturated/α-hetero) is 1. The fourth-order valence-corrected chi connectivity index (χ4v) is 6.41. The fourth-order valence-electron chi connectivity index (χ4n) is 6.41. The van der Waals surface area contributed by atoms with E-state index in [9.17, 15) is 19.2 Å². The summed E-state index contributed by atoms with van der Waals surface area (Å²) in [6.45, 7) is 1.85. The maximum absolute atomic E-state index is 13.3. The van der Waals surface area contributed by atoms with Crippen LogP contribution in [0.2, 0.25) is 0 Å². The predicted octanol–water partition coefficient (Wildman–Crippen LogP) is -1.50. The number of amides is 3. The monoisotopic (exact) mass is 570 g/mol. The van der Waals surface area contributed by atoms with Crippen LogP contribution >= 0.6 is 0 Å². The van der Waals surface area contributed by atoms with Gasteiger partial charge in [0.05, 0.1) is 18.2 Å². The van der Waals surface area contributed by atoms with E-state index in [2.05, 4.69) is 20.6 Å². The number of nitrogens with zero attached hydrogens (tertiary/aromatic N) is 4. The highest BCUT2D eigenvalue weighted by Gasteiger charge is 2.65. The number of carbonyl (C=O) groups excluding carboxylic acids is 4. The average Bonchev–Trinajstić information content (AvgIpc) is 3.65. The summed E-state index contributed by atoms with van der Waals surface area (Å²) in [5.41, 5.74) is 14.5. The van der Waals surface area contributed by atoms with E-state index in [-0.39, 0.29) is 54.0 Å². The molecule has 15 heteroatoms. The highest BCUT2D eigenvalue weighted by atomic mass is 16.3. The lowest BCUT2D eigenvalue weighted by atomic mass is 9.93. The molecule has 3 amide bonds. The van der Waals surface area contributed by atoms with Gasteiger partial charge in [-0.2, -0.15) is 0 Å². The Morgan fingerprint density at radius 3 is 2.56 bits per heavy atom. The minimum absolute atomic E-state index is 0.0506. The highest BCUT2D eigenvalue weighted by molar-refractivity contribution is 6.05. The number of guanidine groups is 2. The quantitative estimate of drug-likeness (QED) is 0.102. The van der Waals surface area contributed by atoms with Crippen molar-refractivity contribution < 1.29 is 23.6 Å². The number of oxazole rings is 1. The van der Waals surface area contributed by atoms with E-state index in [0.717, 1.165) is 12.8 Å². The zero-order chi connectivity index (χ0) is 29.4. The molecule has 41 heavy (non-hydrogen) atoms. The molecule has 4 aliphatic rings. The summed E-state index contributed by atoms with van der Waals surface area (Å²) < 4.78 is 5.19. The highest BCUT2D eigenvalue weighted by Crippen LogP contribution is 2.54. The predicted molar refractivity (Wildman–Crippen MR) is 146 cm³/mol. The summed E-state index contributed by atoms with van der Waals surface area (Å²) in [6.07, 6.45) is 6.60. The topological polar surface area (TPSA) is 239 Å². The second-order valence-electron chi connectivity index (χ2n) is 11.7. The van der Waals surface area contributed by atoms with Crippen LogP contribution < -0.4 is 27.8 Å². The minimum atomic E-state index is -1.18. The number of piperidine rings is 1. The van der Waals surface area contributed by atoms with Crippen molar-refractivity contribution in [2.45, 2.75) is 56.5 Å². The van der Waals surface area contributed by atoms with Crippen molar-refractivity contribution >= 4 is 35.4 Å². The first-order chi connectivity index (χ1) is 19.5. The summed E-state index contributed by atoms with van der Waals surface area (Å²) in [7, 11) is 0. The van der Waals surface area contributed by atoms with Crippen LogP contribution in [0.25, 0.3) is 0 Å². The first-order valence-corrected chi connectivity index (χ1v) is 14.0. The SMILES string of the molecule is N=C(N)N1CCC(CC(=O)N[C@@H]2C[C@]23CCN(CC(=O)NC2(C(=O)c4ncco4)CC2CCN=C(N)N)C3=O)CC1. The molecule has 2 unspecified atom stereocenters. The maximum atomic E-state index is 13.3. The second kappa shape index (κ2) is 11.0. The number of aromatic nitrogens is 1. The van der Waals surface area contributed by atoms with Gasteiger partial charge in [0.15, 0.2) is 11.9 Å². The first kappa shape index (κ1) is 28.4. The number of nitrogens with one attached hydrogen (secondary N) is 3. The summed E-state index contributed by atoms with van der Waals surface area (Å²) in [4.78, 5) is 63.5. The van der Waals surface area contributed by atoms with Crippen LogP contribution in [0.5, 0.6) is 0 Å². The number of nitrogens with two attached hydrogens (primary N) is 3. The van der Waals surface area contributed by atoms with Crippen LogP contribution in [-0.4, -0.2) is 94.5 Å². The molecule has 2 aliphatic heterocycles. The molecule has 3 heterocycles. The molecule has 1 aromatic heterocycles. The molecular weight excluding hydrogens is 532 g/mol. The number of hydrogen-bond acceptors (Lipinski definition) is 8. The van der Waals surface area contributed by atoms with Crippen LogP contribution in [0.15, 0.2) is 21.9 Å². The van der Waals surface area contributed by atoms with Gasteiger partial charge >= 0.3 is 0 Å². The van der Waals surface area contributed by atoms with Gasteiger partial charge in [0.2, 0.25) is 23.5 Å². The molecule has 1 spiro atoms. The summed E-state index contributed by atoms with van der Waals surface area (Å²) in [6, 6.07) is -0.242. The molecule has 9 N–H and O–H groups in total. The molecule has 222 valence electrons. The Kier molecular flexibility index (Phi) is 7.62. The molecule has 15 nitrogen and oxygen atoms in total. The molecule has 2 saturated carbocycles. The van der Waals surface area contributed by atoms with E-state index in [4.69, 9.17) is 27.0 Å². The van der Waals surface area contributed by atoms with E-state index in [1.807, 2.05) is 0 Å². The Bertz CT molecular complexity index is 1240. The molecule has 4 atom stereocenters. The molecule has 5 rings (SSSR count). The Balaban J connectivity index is 1.12. The van der Waals surface area contributed by atoms with Gasteiger partial charge in [-0.25, -0.2) is 4.98 Å². The zero-order valence-corrected chi connectivity index (χ0v) is 22.9. The maximum Gasteiger partial charge on any atom is 0.265 e. The molecule has 1 aromatic rings. The summed E-state index contributed by atoms with van der Waals surface area (Å²) in [5, 5.41) is 13.4. The molecule has 2 aliphatic carbocycles. The van der Waals surface area contributed by atoms with Crippen LogP contribution in [-0.2, 0) is 14.4 Å². The average molecular weight is 571 g/mol. The molecule has 0 radical (unpaired) electrons. The Morgan fingerprint density at radius 2 is 1.90 bits per heavy atom. The van der Waals surface area contributed by atoms with Crippen molar-refractivity contribution in [2.75, 3.05) is 32.7 Å². The third-order valence-corrected chi connectivity index (χ3v) is 8.99. The number of aliphatic imine (C=N–C) groups is 1. The lowest BCUT2D eigenvalue weighted by molar-refractivity contribution is -0.136. The van der Waals surface area contributed by atoms with Crippen molar-refractivity contribution in [1.82, 2.24) is 25.4 Å². The van der Waals surface area contributed by atoms with Crippen LogP contribution in [0.4, 0.5) is 0 Å². The van der Waals surface area contributed by atoms with Crippen molar-refractivity contribution in [3.05, 3.63) is 18.4 Å². The van der Waals surface area contributed by atoms with Gasteiger partial charge in [-0.1, -0.05) is 0 Å². The van der Waals surface area contributed by atoms with Gasteiger partial charge in [-0.05, 0) is 50.4 Å². The van der Waals surface area contributed by atoms with Gasteiger partial charge in [-0.3, -0.25) is 29.6 Å². The van der Waals surface area contributed by atoms with Gasteiger partial charge in [0, 0.05) is 38.6 Å². The number of likely N-dealkylation sites (tertiary alicyclic amines) is 2. The largest absolute Gasteiger partial charge is 0.442 e. The van der Waals surface area contributed by atoms with Crippen molar-refractivity contribution in [2.24, 2.45) is 39.4 Å². The van der Waals surface area contributed by atoms with E-state index in [1.54, 1.807) is 4.90 Å². The summed E-state index contributed by atoms with van der Waals surface area (Å²) in [5.74, 6) is -1.17. The number of rotatable bonds is 11. The van der Waals surface area contributed by atoms with E-state index in [1.165, 1.54) is 17.4 Å². The third-order valence-electron chi connectivity index (χ3n) is 8.99. The van der Waals surface area contributed by atoms with E-state index < -0.39 is 22.6 Å². The number of ketones is 1. The van der Waals surface area contributed by atoms with Gasteiger partial charge < -0.3 is 42.1 Å². The Hall–Kier alpha value is -4.17. The lowest BCUT2D eigenvalue weighted by Crippen LogP contribution is -2.49. The van der Waals surface area contributed by atoms with Crippen molar-refractivity contribution in [1.29, 1.82) is 5.41 Å². The minimum Gasteiger partial charge on any atom is -0.442 e. The first-order valence-electron chi connectivity index (χ1n) is 14.0. The van der Waals surface area contributed by atoms with E-state index in [0.29, 0.717) is 58.3 Å². The lowest BCUT2D eigenvalue weighted by Gasteiger charge is -2.31. The zero-order valence-electron chi connectivity index (χ0n) is 22.9. The second-order valence-corrected chi connectivity index (χ2v) is 11.7. The number of carbonyl (C=O) groups is 4. The normalized spacial score (nSPS) is 28.8. The van der Waals surface area contributed by atoms with Gasteiger partial charge in [-0.15, -0.1) is 0 Å². The van der Waals surface area contributed by atoms with Gasteiger partial charge in [0.25, 0.3) is 5.89 Å². The van der Waals surface area contributed by atoms with Crippen LogP contribution in [0.3, 0.4) is 0 Å². The van der Waals surface area contributed by atoms with Crippen molar-refractivity contribution in [3.63, 3.8) is 0 Å². The molecule has 2 saturated heterocycles. The third kappa shape index (κ3) is 5.84. The van der Waals surface area contributed by atoms with E-state index >= 15 is 0 Å². The Labute approximate surface area is 237 Å². The molecule has 0 aromatic carbocycles.